The molecule has 106 valence electrons. The summed E-state index contributed by atoms with van der Waals surface area (Å²) < 4.78 is 5.35. The van der Waals surface area contributed by atoms with Crippen molar-refractivity contribution in [3.63, 3.8) is 0 Å². The van der Waals surface area contributed by atoms with Gasteiger partial charge in [-0.15, -0.1) is 0 Å². The first-order valence-electron chi connectivity index (χ1n) is 6.74. The first kappa shape index (κ1) is 13.1. The predicted molar refractivity (Wildman–Crippen MR) is 71.5 cm³/mol. The highest BCUT2D eigenvalue weighted by Crippen LogP contribution is 2.35. The van der Waals surface area contributed by atoms with Gasteiger partial charge in [-0.2, -0.15) is 0 Å². The number of hydrogen-bond donors (Lipinski definition) is 1. The lowest BCUT2D eigenvalue weighted by atomic mass is 9.83. The molecule has 3 rings (SSSR count). The average molecular weight is 275 g/mol. The Hall–Kier alpha value is -1.88. The summed E-state index contributed by atoms with van der Waals surface area (Å²) in [6.07, 6.45) is 0.758. The van der Waals surface area contributed by atoms with E-state index in [1.807, 2.05) is 18.2 Å². The number of rotatable bonds is 2. The zero-order valence-corrected chi connectivity index (χ0v) is 11.3. The van der Waals surface area contributed by atoms with Crippen LogP contribution in [0.3, 0.4) is 0 Å². The number of aliphatic carboxylic acids is 1. The molecule has 20 heavy (non-hydrogen) atoms. The fourth-order valence-corrected chi connectivity index (χ4v) is 3.04. The molecule has 0 radical (unpaired) electrons. The number of carbonyl (C=O) groups is 2. The maximum absolute atomic E-state index is 12.6. The number of carboxylic acid groups (broad SMARTS) is 1. The lowest BCUT2D eigenvalue weighted by Gasteiger charge is -2.38. The Labute approximate surface area is 117 Å². The summed E-state index contributed by atoms with van der Waals surface area (Å²) in [6, 6.07) is 7.11. The van der Waals surface area contributed by atoms with Crippen molar-refractivity contribution < 1.29 is 19.4 Å². The van der Waals surface area contributed by atoms with E-state index >= 15 is 0 Å². The number of fused-ring (bicyclic) bond motifs is 1. The summed E-state index contributed by atoms with van der Waals surface area (Å²) in [5.74, 6) is -0.999. The van der Waals surface area contributed by atoms with Gasteiger partial charge in [-0.3, -0.25) is 9.59 Å². The van der Waals surface area contributed by atoms with Crippen molar-refractivity contribution >= 4 is 11.9 Å². The lowest BCUT2D eigenvalue weighted by molar-refractivity contribution is -0.150. The third-order valence-corrected chi connectivity index (χ3v) is 4.41. The minimum atomic E-state index is -1.03. The maximum atomic E-state index is 12.6. The Morgan fingerprint density at radius 1 is 1.45 bits per heavy atom. The van der Waals surface area contributed by atoms with Crippen molar-refractivity contribution in [3.05, 3.63) is 35.4 Å². The monoisotopic (exact) mass is 275 g/mol. The molecule has 2 heterocycles. The van der Waals surface area contributed by atoms with Crippen molar-refractivity contribution in [2.24, 2.45) is 5.41 Å². The smallest absolute Gasteiger partial charge is 0.313 e. The molecule has 0 aliphatic carbocycles. The largest absolute Gasteiger partial charge is 0.481 e. The van der Waals surface area contributed by atoms with Crippen molar-refractivity contribution in [2.75, 3.05) is 19.8 Å². The number of carbonyl (C=O) groups excluding carboxylic acids is 1. The van der Waals surface area contributed by atoms with E-state index in [9.17, 15) is 14.7 Å². The molecule has 2 aliphatic rings. The van der Waals surface area contributed by atoms with Crippen LogP contribution in [0.5, 0.6) is 0 Å². The Bertz CT molecular complexity index is 571. The molecule has 0 bridgehead atoms. The number of hydrogen-bond acceptors (Lipinski definition) is 3. The van der Waals surface area contributed by atoms with E-state index in [-0.39, 0.29) is 19.1 Å². The van der Waals surface area contributed by atoms with Gasteiger partial charge in [0, 0.05) is 12.1 Å². The first-order valence-corrected chi connectivity index (χ1v) is 6.74. The van der Waals surface area contributed by atoms with Crippen LogP contribution >= 0.6 is 0 Å². The molecule has 2 unspecified atom stereocenters. The van der Waals surface area contributed by atoms with Gasteiger partial charge in [0.2, 0.25) is 0 Å². The van der Waals surface area contributed by atoms with Gasteiger partial charge in [0.25, 0.3) is 5.91 Å². The highest BCUT2D eigenvalue weighted by molar-refractivity contribution is 5.97. The molecular weight excluding hydrogens is 258 g/mol. The van der Waals surface area contributed by atoms with Crippen molar-refractivity contribution in [3.8, 4) is 0 Å². The summed E-state index contributed by atoms with van der Waals surface area (Å²) >= 11 is 0. The van der Waals surface area contributed by atoms with Crippen LogP contribution in [0, 0.1) is 5.41 Å². The molecule has 1 saturated heterocycles. The molecule has 1 amide bonds. The van der Waals surface area contributed by atoms with Crippen LogP contribution in [0.1, 0.15) is 22.8 Å². The lowest BCUT2D eigenvalue weighted by Crippen LogP contribution is -2.54. The Kier molecular flexibility index (Phi) is 3.01. The normalized spacial score (nSPS) is 29.4. The van der Waals surface area contributed by atoms with Crippen LogP contribution in [0.15, 0.2) is 24.3 Å². The van der Waals surface area contributed by atoms with Crippen molar-refractivity contribution in [1.29, 1.82) is 0 Å². The molecule has 5 heteroatoms. The van der Waals surface area contributed by atoms with Crippen molar-refractivity contribution in [2.45, 2.75) is 19.4 Å². The third kappa shape index (κ3) is 1.81. The molecular formula is C15H17NO4. The Balaban J connectivity index is 1.93. The minimum Gasteiger partial charge on any atom is -0.481 e. The fourth-order valence-electron chi connectivity index (χ4n) is 3.04. The van der Waals surface area contributed by atoms with E-state index in [0.29, 0.717) is 12.1 Å². The fraction of sp³-hybridized carbons (Fsp3) is 0.467. The number of amides is 1. The molecule has 1 fully saturated rings. The molecule has 5 nitrogen and oxygen atoms in total. The number of ether oxygens (including phenoxy) is 1. The summed E-state index contributed by atoms with van der Waals surface area (Å²) in [7, 11) is 0. The van der Waals surface area contributed by atoms with E-state index in [1.54, 1.807) is 17.9 Å². The van der Waals surface area contributed by atoms with E-state index in [2.05, 4.69) is 0 Å². The molecule has 2 aliphatic heterocycles. The van der Waals surface area contributed by atoms with Crippen molar-refractivity contribution in [1.82, 2.24) is 4.90 Å². The van der Waals surface area contributed by atoms with E-state index in [4.69, 9.17) is 4.74 Å². The molecule has 0 aromatic heterocycles. The summed E-state index contributed by atoms with van der Waals surface area (Å²) in [4.78, 5) is 25.8. The van der Waals surface area contributed by atoms with Crippen LogP contribution in [-0.2, 0) is 16.0 Å². The highest BCUT2D eigenvalue weighted by Gasteiger charge is 2.51. The standard InChI is InChI=1S/C15H17NO4/c1-15(14(18)19)9-20-8-12(15)16-7-6-10-4-2-3-5-11(10)13(16)17/h2-5,12H,6-9H2,1H3,(H,18,19). The Morgan fingerprint density at radius 3 is 2.95 bits per heavy atom. The molecule has 1 aromatic carbocycles. The van der Waals surface area contributed by atoms with E-state index < -0.39 is 17.4 Å². The zero-order chi connectivity index (χ0) is 14.3. The van der Waals surface area contributed by atoms with Crippen LogP contribution in [-0.4, -0.2) is 47.7 Å². The van der Waals surface area contributed by atoms with Gasteiger partial charge in [0.1, 0.15) is 5.41 Å². The van der Waals surface area contributed by atoms with Crippen LogP contribution < -0.4 is 0 Å². The minimum absolute atomic E-state index is 0.0881. The van der Waals surface area contributed by atoms with Crippen LogP contribution in [0.2, 0.25) is 0 Å². The summed E-state index contributed by atoms with van der Waals surface area (Å²) in [5.41, 5.74) is 0.685. The second kappa shape index (κ2) is 4.59. The molecule has 1 aromatic rings. The van der Waals surface area contributed by atoms with Gasteiger partial charge < -0.3 is 14.7 Å². The molecule has 0 saturated carbocycles. The molecule has 1 N–H and O–H groups in total. The Morgan fingerprint density at radius 2 is 2.20 bits per heavy atom. The van der Waals surface area contributed by atoms with Crippen LogP contribution in [0.25, 0.3) is 0 Å². The van der Waals surface area contributed by atoms with Gasteiger partial charge in [0.15, 0.2) is 0 Å². The van der Waals surface area contributed by atoms with Gasteiger partial charge in [0.05, 0.1) is 19.3 Å². The topological polar surface area (TPSA) is 66.8 Å². The first-order chi connectivity index (χ1) is 9.54. The third-order valence-electron chi connectivity index (χ3n) is 4.41. The molecule has 0 spiro atoms. The van der Waals surface area contributed by atoms with E-state index in [1.165, 1.54) is 0 Å². The SMILES string of the molecule is CC1(C(=O)O)COCC1N1CCc2ccccc2C1=O. The van der Waals surface area contributed by atoms with Crippen LogP contribution in [0.4, 0.5) is 0 Å². The quantitative estimate of drug-likeness (QED) is 0.880. The molecule has 2 atom stereocenters. The second-order valence-electron chi connectivity index (χ2n) is 5.66. The van der Waals surface area contributed by atoms with Gasteiger partial charge in [-0.1, -0.05) is 18.2 Å². The number of carboxylic acids is 1. The number of benzene rings is 1. The second-order valence-corrected chi connectivity index (χ2v) is 5.66. The van der Waals surface area contributed by atoms with Gasteiger partial charge in [-0.05, 0) is 25.0 Å². The average Bonchev–Trinajstić information content (AvgIpc) is 2.83. The van der Waals surface area contributed by atoms with E-state index in [0.717, 1.165) is 12.0 Å². The maximum Gasteiger partial charge on any atom is 0.313 e. The number of nitrogens with zero attached hydrogens (tertiary/aromatic N) is 1. The predicted octanol–water partition coefficient (Wildman–Crippen LogP) is 1.17. The zero-order valence-electron chi connectivity index (χ0n) is 11.3. The highest BCUT2D eigenvalue weighted by atomic mass is 16.5. The summed E-state index contributed by atoms with van der Waals surface area (Å²) in [5, 5.41) is 9.44. The van der Waals surface area contributed by atoms with Gasteiger partial charge in [-0.25, -0.2) is 0 Å². The van der Waals surface area contributed by atoms with Gasteiger partial charge >= 0.3 is 5.97 Å². The summed E-state index contributed by atoms with van der Waals surface area (Å²) in [6.45, 7) is 2.64.